The fourth-order valence-corrected chi connectivity index (χ4v) is 3.49. The van der Waals surface area contributed by atoms with E-state index in [-0.39, 0.29) is 18.0 Å². The van der Waals surface area contributed by atoms with Gasteiger partial charge in [-0.15, -0.1) is 0 Å². The van der Waals surface area contributed by atoms with E-state index in [0.717, 1.165) is 0 Å². The van der Waals surface area contributed by atoms with Gasteiger partial charge in [0.15, 0.2) is 0 Å². The molecule has 5 nitrogen and oxygen atoms in total. The monoisotopic (exact) mass is 466 g/mol. The molecular weight excluding hydrogens is 451 g/mol. The van der Waals surface area contributed by atoms with Crippen LogP contribution in [0.2, 0.25) is 0 Å². The molecule has 0 bridgehead atoms. The van der Waals surface area contributed by atoms with Crippen LogP contribution in [0.3, 0.4) is 0 Å². The molecule has 0 saturated carbocycles. The van der Waals surface area contributed by atoms with Crippen LogP contribution >= 0.6 is 15.9 Å². The van der Waals surface area contributed by atoms with Crippen molar-refractivity contribution in [2.75, 3.05) is 5.01 Å². The molecule has 30 heavy (non-hydrogen) atoms. The Kier molecular flexibility index (Phi) is 5.63. The van der Waals surface area contributed by atoms with Crippen molar-refractivity contribution >= 4 is 39.5 Å². The van der Waals surface area contributed by atoms with E-state index >= 15 is 0 Å². The molecule has 0 aliphatic carbocycles. The molecule has 0 atom stereocenters. The molecule has 3 aromatic carbocycles. The zero-order valence-corrected chi connectivity index (χ0v) is 17.2. The zero-order chi connectivity index (χ0) is 21.1. The molecule has 1 heterocycles. The number of halogens is 2. The van der Waals surface area contributed by atoms with Crippen LogP contribution in [0.4, 0.5) is 10.1 Å². The van der Waals surface area contributed by atoms with Gasteiger partial charge in [0.05, 0.1) is 10.2 Å². The largest absolute Gasteiger partial charge is 0.488 e. The average molecular weight is 467 g/mol. The highest BCUT2D eigenvalue weighted by Crippen LogP contribution is 2.29. The molecule has 0 spiro atoms. The molecule has 1 fully saturated rings. The van der Waals surface area contributed by atoms with E-state index in [9.17, 15) is 14.0 Å². The predicted octanol–water partition coefficient (Wildman–Crippen LogP) is 4.63. The summed E-state index contributed by atoms with van der Waals surface area (Å²) in [4.78, 5) is 25.0. The first-order chi connectivity index (χ1) is 14.5. The van der Waals surface area contributed by atoms with Gasteiger partial charge in [0.2, 0.25) is 0 Å². The van der Waals surface area contributed by atoms with Gasteiger partial charge in [-0.3, -0.25) is 15.0 Å². The Bertz CT molecular complexity index is 1150. The van der Waals surface area contributed by atoms with Crippen LogP contribution in [-0.2, 0) is 16.2 Å². The van der Waals surface area contributed by atoms with E-state index < -0.39 is 11.8 Å². The lowest BCUT2D eigenvalue weighted by Crippen LogP contribution is -2.35. The molecule has 3 aromatic rings. The minimum atomic E-state index is -0.472. The van der Waals surface area contributed by atoms with E-state index in [1.807, 2.05) is 6.07 Å². The molecule has 4 rings (SSSR count). The Morgan fingerprint density at radius 1 is 1.00 bits per heavy atom. The molecule has 1 saturated heterocycles. The van der Waals surface area contributed by atoms with Crippen LogP contribution in [0.25, 0.3) is 6.08 Å². The minimum Gasteiger partial charge on any atom is -0.488 e. The lowest BCUT2D eigenvalue weighted by atomic mass is 10.1. The van der Waals surface area contributed by atoms with Gasteiger partial charge in [-0.1, -0.05) is 42.5 Å². The Morgan fingerprint density at radius 3 is 2.47 bits per heavy atom. The van der Waals surface area contributed by atoms with Crippen molar-refractivity contribution in [2.24, 2.45) is 0 Å². The lowest BCUT2D eigenvalue weighted by Gasteiger charge is -2.13. The van der Waals surface area contributed by atoms with Gasteiger partial charge >= 0.3 is 0 Å². The highest BCUT2D eigenvalue weighted by Gasteiger charge is 2.34. The highest BCUT2D eigenvalue weighted by molar-refractivity contribution is 9.10. The molecule has 1 N–H and O–H groups in total. The van der Waals surface area contributed by atoms with Crippen LogP contribution in [0.1, 0.15) is 11.1 Å². The Balaban J connectivity index is 1.51. The van der Waals surface area contributed by atoms with Crippen molar-refractivity contribution in [3.8, 4) is 5.75 Å². The number of benzene rings is 3. The van der Waals surface area contributed by atoms with E-state index in [2.05, 4.69) is 21.4 Å². The number of hydrogen-bond donors (Lipinski definition) is 1. The van der Waals surface area contributed by atoms with E-state index in [1.165, 1.54) is 17.2 Å². The van der Waals surface area contributed by atoms with Gasteiger partial charge in [-0.05, 0) is 57.9 Å². The molecule has 0 unspecified atom stereocenters. The number of nitrogens with one attached hydrogen (secondary N) is 1. The van der Waals surface area contributed by atoms with Crippen molar-refractivity contribution in [1.82, 2.24) is 5.43 Å². The summed E-state index contributed by atoms with van der Waals surface area (Å²) in [6.07, 6.45) is 1.52. The van der Waals surface area contributed by atoms with Crippen LogP contribution in [-0.4, -0.2) is 11.8 Å². The van der Waals surface area contributed by atoms with Gasteiger partial charge in [0.25, 0.3) is 11.8 Å². The molecule has 1 aliphatic heterocycles. The number of anilines is 1. The quantitative estimate of drug-likeness (QED) is 0.440. The maximum Gasteiger partial charge on any atom is 0.282 e. The second kappa shape index (κ2) is 8.51. The highest BCUT2D eigenvalue weighted by atomic mass is 79.9. The first kappa shape index (κ1) is 19.8. The minimum absolute atomic E-state index is 0.0331. The van der Waals surface area contributed by atoms with Crippen LogP contribution < -0.4 is 15.2 Å². The van der Waals surface area contributed by atoms with Crippen molar-refractivity contribution in [3.63, 3.8) is 0 Å². The van der Waals surface area contributed by atoms with Gasteiger partial charge in [0.1, 0.15) is 23.7 Å². The van der Waals surface area contributed by atoms with Crippen molar-refractivity contribution in [1.29, 1.82) is 0 Å². The summed E-state index contributed by atoms with van der Waals surface area (Å²) < 4.78 is 20.0. The molecule has 1 aliphatic rings. The van der Waals surface area contributed by atoms with E-state index in [4.69, 9.17) is 4.74 Å². The third kappa shape index (κ3) is 4.11. The zero-order valence-electron chi connectivity index (χ0n) is 15.6. The van der Waals surface area contributed by atoms with Crippen molar-refractivity contribution < 1.29 is 18.7 Å². The Labute approximate surface area is 180 Å². The summed E-state index contributed by atoms with van der Waals surface area (Å²) in [5.74, 6) is -0.709. The van der Waals surface area contributed by atoms with E-state index in [1.54, 1.807) is 60.7 Å². The SMILES string of the molecule is O=C1NN(c2ccccc2)C(=O)/C1=C\c1ccc(OCc2ccccc2F)c(Br)c1. The summed E-state index contributed by atoms with van der Waals surface area (Å²) >= 11 is 3.42. The number of hydrogen-bond acceptors (Lipinski definition) is 3. The van der Waals surface area contributed by atoms with E-state index in [0.29, 0.717) is 27.0 Å². The molecule has 150 valence electrons. The number of hydrazine groups is 1. The van der Waals surface area contributed by atoms with Crippen LogP contribution in [0.5, 0.6) is 5.75 Å². The smallest absolute Gasteiger partial charge is 0.282 e. The first-order valence-electron chi connectivity index (χ1n) is 9.11. The van der Waals surface area contributed by atoms with Gasteiger partial charge in [-0.25, -0.2) is 9.40 Å². The van der Waals surface area contributed by atoms with Gasteiger partial charge in [0, 0.05) is 5.56 Å². The Morgan fingerprint density at radius 2 is 1.73 bits per heavy atom. The maximum atomic E-state index is 13.7. The van der Waals surface area contributed by atoms with Gasteiger partial charge < -0.3 is 4.74 Å². The number of amides is 2. The fraction of sp³-hybridized carbons (Fsp3) is 0.0435. The number of nitrogens with zero attached hydrogens (tertiary/aromatic N) is 1. The third-order valence-electron chi connectivity index (χ3n) is 4.51. The second-order valence-corrected chi connectivity index (χ2v) is 7.40. The normalized spacial score (nSPS) is 14.9. The Hall–Kier alpha value is -3.45. The molecule has 0 aromatic heterocycles. The first-order valence-corrected chi connectivity index (χ1v) is 9.90. The van der Waals surface area contributed by atoms with Gasteiger partial charge in [-0.2, -0.15) is 0 Å². The summed E-state index contributed by atoms with van der Waals surface area (Å²) in [6.45, 7) is 0.0820. The van der Waals surface area contributed by atoms with Crippen molar-refractivity contribution in [2.45, 2.75) is 6.61 Å². The maximum absolute atomic E-state index is 13.7. The van der Waals surface area contributed by atoms with Crippen molar-refractivity contribution in [3.05, 3.63) is 99.8 Å². The molecule has 2 amide bonds. The predicted molar refractivity (Wildman–Crippen MR) is 115 cm³/mol. The second-order valence-electron chi connectivity index (χ2n) is 6.54. The molecule has 0 radical (unpaired) electrons. The summed E-state index contributed by atoms with van der Waals surface area (Å²) in [5.41, 5.74) is 4.27. The third-order valence-corrected chi connectivity index (χ3v) is 5.13. The topological polar surface area (TPSA) is 58.6 Å². The number of para-hydroxylation sites is 1. The number of ether oxygens (including phenoxy) is 1. The number of rotatable bonds is 5. The summed E-state index contributed by atoms with van der Waals surface area (Å²) in [5, 5.41) is 1.22. The van der Waals surface area contributed by atoms with Crippen LogP contribution in [0, 0.1) is 5.82 Å². The average Bonchev–Trinajstić information content (AvgIpc) is 3.03. The molecular formula is C23H16BrFN2O3. The van der Waals surface area contributed by atoms with Crippen LogP contribution in [0.15, 0.2) is 82.8 Å². The summed E-state index contributed by atoms with van der Waals surface area (Å²) in [7, 11) is 0. The summed E-state index contributed by atoms with van der Waals surface area (Å²) in [6, 6.07) is 20.4. The standard InChI is InChI=1S/C23H16BrFN2O3/c24-19-13-15(10-11-21(19)30-14-16-6-4-5-9-20(16)25)12-18-22(28)26-27(23(18)29)17-7-2-1-3-8-17/h1-13H,14H2,(H,26,28)/b18-12-. The number of carbonyl (C=O) groups is 2. The number of carbonyl (C=O) groups excluding carboxylic acids is 2. The fourth-order valence-electron chi connectivity index (χ4n) is 2.98. The lowest BCUT2D eigenvalue weighted by molar-refractivity contribution is -0.117. The molecule has 7 heteroatoms.